The van der Waals surface area contributed by atoms with Crippen molar-refractivity contribution in [1.82, 2.24) is 10.0 Å². The second-order valence-electron chi connectivity index (χ2n) is 5.15. The maximum absolute atomic E-state index is 12.1. The number of sulfonamides is 1. The summed E-state index contributed by atoms with van der Waals surface area (Å²) >= 11 is 0. The molecule has 112 valence electrons. The van der Waals surface area contributed by atoms with Crippen molar-refractivity contribution in [2.45, 2.75) is 19.4 Å². The van der Waals surface area contributed by atoms with E-state index in [0.29, 0.717) is 6.54 Å². The smallest absolute Gasteiger partial charge is 0.212 e. The highest BCUT2D eigenvalue weighted by atomic mass is 32.2. The minimum absolute atomic E-state index is 0.221. The Bertz CT molecular complexity index is 525. The first-order valence-electron chi connectivity index (χ1n) is 6.90. The lowest BCUT2D eigenvalue weighted by atomic mass is 10.0. The molecule has 1 aliphatic rings. The topological polar surface area (TPSA) is 67.4 Å². The summed E-state index contributed by atoms with van der Waals surface area (Å²) in [5.41, 5.74) is 0.901. The van der Waals surface area contributed by atoms with Crippen molar-refractivity contribution in [1.29, 1.82) is 0 Å². The molecule has 0 amide bonds. The van der Waals surface area contributed by atoms with Crippen molar-refractivity contribution >= 4 is 10.0 Å². The first-order chi connectivity index (χ1) is 9.59. The van der Waals surface area contributed by atoms with Crippen LogP contribution in [0.25, 0.3) is 0 Å². The number of nitrogens with one attached hydrogen (secondary N) is 2. The van der Waals surface area contributed by atoms with Crippen molar-refractivity contribution < 1.29 is 13.2 Å². The molecule has 1 heterocycles. The van der Waals surface area contributed by atoms with E-state index in [-0.39, 0.29) is 11.7 Å². The van der Waals surface area contributed by atoms with Gasteiger partial charge in [0, 0.05) is 6.54 Å². The molecular weight excluding hydrogens is 276 g/mol. The van der Waals surface area contributed by atoms with Gasteiger partial charge in [0.25, 0.3) is 0 Å². The molecule has 0 saturated carbocycles. The molecule has 0 radical (unpaired) electrons. The highest BCUT2D eigenvalue weighted by molar-refractivity contribution is 7.89. The van der Waals surface area contributed by atoms with E-state index < -0.39 is 10.0 Å². The van der Waals surface area contributed by atoms with Crippen LogP contribution in [0.15, 0.2) is 24.3 Å². The van der Waals surface area contributed by atoms with Gasteiger partial charge < -0.3 is 10.1 Å². The predicted octanol–water partition coefficient (Wildman–Crippen LogP) is 1.11. The van der Waals surface area contributed by atoms with E-state index >= 15 is 0 Å². The predicted molar refractivity (Wildman–Crippen MR) is 79.2 cm³/mol. The minimum atomic E-state index is -3.22. The van der Waals surface area contributed by atoms with Gasteiger partial charge in [0.2, 0.25) is 10.0 Å². The van der Waals surface area contributed by atoms with Gasteiger partial charge in [0.05, 0.1) is 12.9 Å². The lowest BCUT2D eigenvalue weighted by Crippen LogP contribution is -2.35. The standard InChI is InChI=1S/C14H22N2O3S/c1-19-14-4-2-3-13(9-14)10-16-20(17,18)11-12-5-7-15-8-6-12/h2-4,9,12,15-16H,5-8,10-11H2,1H3. The maximum atomic E-state index is 12.1. The van der Waals surface area contributed by atoms with Crippen LogP contribution in [0, 0.1) is 5.92 Å². The summed E-state index contributed by atoms with van der Waals surface area (Å²) in [6.07, 6.45) is 1.86. The number of benzene rings is 1. The van der Waals surface area contributed by atoms with Gasteiger partial charge in [0.1, 0.15) is 5.75 Å². The fourth-order valence-electron chi connectivity index (χ4n) is 2.39. The Kier molecular flexibility index (Phi) is 5.39. The zero-order valence-corrected chi connectivity index (χ0v) is 12.6. The Morgan fingerprint density at radius 2 is 2.10 bits per heavy atom. The fourth-order valence-corrected chi connectivity index (χ4v) is 3.85. The van der Waals surface area contributed by atoms with Crippen LogP contribution in [0.4, 0.5) is 0 Å². The van der Waals surface area contributed by atoms with Crippen LogP contribution < -0.4 is 14.8 Å². The molecule has 2 rings (SSSR count). The molecule has 0 unspecified atom stereocenters. The van der Waals surface area contributed by atoms with E-state index in [1.807, 2.05) is 24.3 Å². The molecule has 0 spiro atoms. The molecule has 1 aromatic rings. The molecule has 1 aromatic carbocycles. The molecule has 1 fully saturated rings. The summed E-state index contributed by atoms with van der Waals surface area (Å²) in [6.45, 7) is 2.14. The summed E-state index contributed by atoms with van der Waals surface area (Å²) in [5.74, 6) is 1.22. The Morgan fingerprint density at radius 3 is 2.80 bits per heavy atom. The van der Waals surface area contributed by atoms with Crippen LogP contribution in [0.2, 0.25) is 0 Å². The average Bonchev–Trinajstić information content (AvgIpc) is 2.46. The van der Waals surface area contributed by atoms with Gasteiger partial charge in [-0.25, -0.2) is 13.1 Å². The quantitative estimate of drug-likeness (QED) is 0.826. The van der Waals surface area contributed by atoms with Gasteiger partial charge in [-0.2, -0.15) is 0 Å². The summed E-state index contributed by atoms with van der Waals surface area (Å²) in [4.78, 5) is 0. The highest BCUT2D eigenvalue weighted by Gasteiger charge is 2.20. The van der Waals surface area contributed by atoms with Crippen LogP contribution >= 0.6 is 0 Å². The van der Waals surface area contributed by atoms with Crippen molar-refractivity contribution in [2.75, 3.05) is 26.0 Å². The summed E-state index contributed by atoms with van der Waals surface area (Å²) in [5, 5.41) is 3.24. The van der Waals surface area contributed by atoms with E-state index in [0.717, 1.165) is 37.2 Å². The molecular formula is C14H22N2O3S. The molecule has 5 nitrogen and oxygen atoms in total. The van der Waals surface area contributed by atoms with Crippen LogP contribution in [0.3, 0.4) is 0 Å². The normalized spacial score (nSPS) is 17.1. The van der Waals surface area contributed by atoms with Crippen LogP contribution in [0.5, 0.6) is 5.75 Å². The van der Waals surface area contributed by atoms with Gasteiger partial charge in [-0.3, -0.25) is 0 Å². The van der Waals surface area contributed by atoms with Gasteiger partial charge in [-0.1, -0.05) is 12.1 Å². The Morgan fingerprint density at radius 1 is 1.35 bits per heavy atom. The largest absolute Gasteiger partial charge is 0.497 e. The molecule has 0 atom stereocenters. The number of ether oxygens (including phenoxy) is 1. The van der Waals surface area contributed by atoms with E-state index in [9.17, 15) is 8.42 Å². The van der Waals surface area contributed by atoms with Gasteiger partial charge in [-0.05, 0) is 49.5 Å². The summed E-state index contributed by atoms with van der Waals surface area (Å²) < 4.78 is 31.9. The number of hydrogen-bond donors (Lipinski definition) is 2. The second-order valence-corrected chi connectivity index (χ2v) is 7.00. The average molecular weight is 298 g/mol. The zero-order chi connectivity index (χ0) is 14.4. The van der Waals surface area contributed by atoms with Crippen molar-refractivity contribution in [3.63, 3.8) is 0 Å². The van der Waals surface area contributed by atoms with E-state index in [1.165, 1.54) is 0 Å². The van der Waals surface area contributed by atoms with E-state index in [1.54, 1.807) is 7.11 Å². The Hall–Kier alpha value is -1.11. The maximum Gasteiger partial charge on any atom is 0.212 e. The lowest BCUT2D eigenvalue weighted by molar-refractivity contribution is 0.400. The van der Waals surface area contributed by atoms with E-state index in [4.69, 9.17) is 4.74 Å². The van der Waals surface area contributed by atoms with Crippen LogP contribution in [0.1, 0.15) is 18.4 Å². The third-order valence-corrected chi connectivity index (χ3v) is 5.04. The molecule has 2 N–H and O–H groups in total. The second kappa shape index (κ2) is 7.06. The minimum Gasteiger partial charge on any atom is -0.497 e. The van der Waals surface area contributed by atoms with E-state index in [2.05, 4.69) is 10.0 Å². The summed E-state index contributed by atoms with van der Waals surface area (Å²) in [7, 11) is -1.62. The summed E-state index contributed by atoms with van der Waals surface area (Å²) in [6, 6.07) is 7.42. The van der Waals surface area contributed by atoms with Crippen LogP contribution in [-0.4, -0.2) is 34.4 Å². The fraction of sp³-hybridized carbons (Fsp3) is 0.571. The van der Waals surface area contributed by atoms with Crippen molar-refractivity contribution in [2.24, 2.45) is 5.92 Å². The first kappa shape index (κ1) is 15.3. The number of hydrogen-bond acceptors (Lipinski definition) is 4. The SMILES string of the molecule is COc1cccc(CNS(=O)(=O)CC2CCNCC2)c1. The lowest BCUT2D eigenvalue weighted by Gasteiger charge is -2.22. The Labute approximate surface area is 120 Å². The molecule has 1 aliphatic heterocycles. The van der Waals surface area contributed by atoms with Crippen LogP contribution in [-0.2, 0) is 16.6 Å². The molecule has 6 heteroatoms. The number of rotatable bonds is 6. The third kappa shape index (κ3) is 4.77. The monoisotopic (exact) mass is 298 g/mol. The zero-order valence-electron chi connectivity index (χ0n) is 11.8. The molecule has 0 bridgehead atoms. The number of piperidine rings is 1. The first-order valence-corrected chi connectivity index (χ1v) is 8.55. The van der Waals surface area contributed by atoms with Gasteiger partial charge in [0.15, 0.2) is 0 Å². The third-order valence-electron chi connectivity index (χ3n) is 3.54. The van der Waals surface area contributed by atoms with Gasteiger partial charge in [-0.15, -0.1) is 0 Å². The molecule has 1 saturated heterocycles. The molecule has 0 aliphatic carbocycles. The Balaban J connectivity index is 1.87. The number of methoxy groups -OCH3 is 1. The molecule has 20 heavy (non-hydrogen) atoms. The van der Waals surface area contributed by atoms with Crippen molar-refractivity contribution in [3.05, 3.63) is 29.8 Å². The van der Waals surface area contributed by atoms with Gasteiger partial charge >= 0.3 is 0 Å². The highest BCUT2D eigenvalue weighted by Crippen LogP contribution is 2.15. The van der Waals surface area contributed by atoms with Crippen molar-refractivity contribution in [3.8, 4) is 5.75 Å². The molecule has 0 aromatic heterocycles.